The molecule has 0 aliphatic heterocycles. The molecule has 0 saturated heterocycles. The normalized spacial score (nSPS) is 14.6. The van der Waals surface area contributed by atoms with Gasteiger partial charge >= 0.3 is 12.4 Å². The van der Waals surface area contributed by atoms with Gasteiger partial charge in [0, 0.05) is 0 Å². The highest BCUT2D eigenvalue weighted by molar-refractivity contribution is 5.35. The first kappa shape index (κ1) is 17.7. The molecule has 0 aromatic heterocycles. The van der Waals surface area contributed by atoms with Crippen LogP contribution in [-0.4, -0.2) is 13.0 Å². The Kier molecular flexibility index (Phi) is 5.19. The van der Waals surface area contributed by atoms with E-state index in [0.29, 0.717) is 12.1 Å². The van der Waals surface area contributed by atoms with Crippen molar-refractivity contribution in [3.05, 3.63) is 34.9 Å². The van der Waals surface area contributed by atoms with Crippen LogP contribution >= 0.6 is 0 Å². The largest absolute Gasteiger partial charge is 0.416 e. The van der Waals surface area contributed by atoms with Gasteiger partial charge in [0.05, 0.1) is 17.2 Å². The highest BCUT2D eigenvalue weighted by Gasteiger charge is 2.38. The van der Waals surface area contributed by atoms with Crippen molar-refractivity contribution in [3.63, 3.8) is 0 Å². The quantitative estimate of drug-likeness (QED) is 0.797. The Morgan fingerprint density at radius 3 is 1.62 bits per heavy atom. The van der Waals surface area contributed by atoms with Crippen molar-refractivity contribution >= 4 is 0 Å². The van der Waals surface area contributed by atoms with Crippen LogP contribution in [0.25, 0.3) is 0 Å². The zero-order chi connectivity index (χ0) is 16.4. The Balaban J connectivity index is 3.43. The monoisotopic (exact) mass is 321 g/mol. The Morgan fingerprint density at radius 1 is 0.905 bits per heavy atom. The summed E-state index contributed by atoms with van der Waals surface area (Å²) in [5.74, 6) is 0. The number of nitrogens with one attached hydrogen (secondary N) is 1. The summed E-state index contributed by atoms with van der Waals surface area (Å²) in [6.45, 7) is 1.38. The molecule has 1 aromatic rings. The lowest BCUT2D eigenvalue weighted by atomic mass is 9.99. The molecule has 1 rings (SSSR count). The van der Waals surface area contributed by atoms with E-state index in [1.807, 2.05) is 0 Å². The van der Waals surface area contributed by atoms with Crippen LogP contribution in [-0.2, 0) is 12.4 Å². The van der Waals surface area contributed by atoms with Crippen LogP contribution in [0.4, 0.5) is 35.1 Å². The molecule has 1 unspecified atom stereocenters. The van der Waals surface area contributed by atoms with Gasteiger partial charge in [-0.25, -0.2) is 8.78 Å². The molecular weight excluding hydrogens is 310 g/mol. The minimum Gasteiger partial charge on any atom is -0.306 e. The molecule has 0 bridgehead atoms. The molecule has 120 valence electrons. The molecule has 1 nitrogen and oxygen atoms in total. The first-order valence-corrected chi connectivity index (χ1v) is 5.77. The smallest absolute Gasteiger partial charge is 0.306 e. The summed E-state index contributed by atoms with van der Waals surface area (Å²) in [5, 5.41) is 2.17. The molecular formula is C12H11F8N. The van der Waals surface area contributed by atoms with Crippen molar-refractivity contribution in [2.75, 3.05) is 6.54 Å². The molecule has 0 aliphatic carbocycles. The summed E-state index contributed by atoms with van der Waals surface area (Å²) in [7, 11) is 0. The highest BCUT2D eigenvalue weighted by Crippen LogP contribution is 2.38. The Labute approximate surface area is 114 Å². The molecule has 21 heavy (non-hydrogen) atoms. The van der Waals surface area contributed by atoms with Gasteiger partial charge in [-0.2, -0.15) is 26.3 Å². The Morgan fingerprint density at radius 2 is 1.33 bits per heavy atom. The van der Waals surface area contributed by atoms with Gasteiger partial charge in [-0.05, 0) is 30.3 Å². The number of benzene rings is 1. The summed E-state index contributed by atoms with van der Waals surface area (Å²) in [6.07, 6.45) is -13.3. The lowest BCUT2D eigenvalue weighted by Crippen LogP contribution is -2.28. The molecule has 0 radical (unpaired) electrons. The van der Waals surface area contributed by atoms with Crippen LogP contribution in [0.2, 0.25) is 0 Å². The summed E-state index contributed by atoms with van der Waals surface area (Å²) < 4.78 is 101. The third-order valence-corrected chi connectivity index (χ3v) is 2.65. The lowest BCUT2D eigenvalue weighted by Gasteiger charge is -2.20. The first-order chi connectivity index (χ1) is 9.46. The Hall–Kier alpha value is -1.38. The third kappa shape index (κ3) is 4.55. The van der Waals surface area contributed by atoms with E-state index in [-0.39, 0.29) is 12.6 Å². The molecule has 0 amide bonds. The molecule has 9 heteroatoms. The number of rotatable bonds is 4. The predicted molar refractivity (Wildman–Crippen MR) is 58.9 cm³/mol. The molecule has 1 N–H and O–H groups in total. The van der Waals surface area contributed by atoms with Gasteiger partial charge in [-0.1, -0.05) is 6.92 Å². The second kappa shape index (κ2) is 6.17. The maximum absolute atomic E-state index is 12.8. The predicted octanol–water partition coefficient (Wildman–Crippen LogP) is 4.64. The van der Waals surface area contributed by atoms with E-state index in [1.54, 1.807) is 0 Å². The summed E-state index contributed by atoms with van der Waals surface area (Å²) in [6, 6.07) is -1.40. The average Bonchev–Trinajstić information content (AvgIpc) is 2.32. The van der Waals surface area contributed by atoms with Crippen LogP contribution in [0, 0.1) is 0 Å². The maximum Gasteiger partial charge on any atom is 0.416 e. The summed E-state index contributed by atoms with van der Waals surface area (Å²) in [4.78, 5) is 0. The van der Waals surface area contributed by atoms with E-state index < -0.39 is 41.5 Å². The number of halogens is 8. The van der Waals surface area contributed by atoms with Crippen LogP contribution in [0.1, 0.15) is 29.7 Å². The van der Waals surface area contributed by atoms with E-state index in [2.05, 4.69) is 5.32 Å². The SMILES string of the molecule is CCNC(c1cc(C(F)(F)F)cc(C(F)(F)F)c1)C(F)F. The number of alkyl halides is 8. The van der Waals surface area contributed by atoms with Gasteiger partial charge in [0.25, 0.3) is 6.43 Å². The fourth-order valence-electron chi connectivity index (χ4n) is 1.73. The average molecular weight is 321 g/mol. The fraction of sp³-hybridized carbons (Fsp3) is 0.500. The van der Waals surface area contributed by atoms with Gasteiger partial charge in [-0.3, -0.25) is 0 Å². The van der Waals surface area contributed by atoms with Crippen molar-refractivity contribution in [3.8, 4) is 0 Å². The van der Waals surface area contributed by atoms with Gasteiger partial charge in [0.2, 0.25) is 0 Å². The topological polar surface area (TPSA) is 12.0 Å². The van der Waals surface area contributed by atoms with E-state index in [0.717, 1.165) is 0 Å². The lowest BCUT2D eigenvalue weighted by molar-refractivity contribution is -0.143. The van der Waals surface area contributed by atoms with Crippen molar-refractivity contribution in [1.82, 2.24) is 5.32 Å². The number of hydrogen-bond acceptors (Lipinski definition) is 1. The molecule has 0 fully saturated rings. The van der Waals surface area contributed by atoms with Gasteiger partial charge < -0.3 is 5.32 Å². The minimum absolute atomic E-state index is 0.0351. The summed E-state index contributed by atoms with van der Waals surface area (Å²) in [5.41, 5.74) is -3.99. The second-order valence-corrected chi connectivity index (χ2v) is 4.21. The molecule has 0 saturated carbocycles. The van der Waals surface area contributed by atoms with E-state index in [4.69, 9.17) is 0 Å². The van der Waals surface area contributed by atoms with E-state index >= 15 is 0 Å². The molecule has 0 aliphatic rings. The summed E-state index contributed by atoms with van der Waals surface area (Å²) >= 11 is 0. The minimum atomic E-state index is -5.06. The van der Waals surface area contributed by atoms with Gasteiger partial charge in [0.1, 0.15) is 0 Å². The number of hydrogen-bond donors (Lipinski definition) is 1. The Bertz CT molecular complexity index is 445. The van der Waals surface area contributed by atoms with Crippen molar-refractivity contribution in [2.24, 2.45) is 0 Å². The van der Waals surface area contributed by atoms with Crippen molar-refractivity contribution in [1.29, 1.82) is 0 Å². The van der Waals surface area contributed by atoms with Crippen LogP contribution < -0.4 is 5.32 Å². The third-order valence-electron chi connectivity index (χ3n) is 2.65. The zero-order valence-corrected chi connectivity index (χ0v) is 10.6. The van der Waals surface area contributed by atoms with Crippen molar-refractivity contribution < 1.29 is 35.1 Å². The van der Waals surface area contributed by atoms with Crippen LogP contribution in [0.15, 0.2) is 18.2 Å². The van der Waals surface area contributed by atoms with E-state index in [9.17, 15) is 35.1 Å². The van der Waals surface area contributed by atoms with Gasteiger partial charge in [0.15, 0.2) is 0 Å². The standard InChI is InChI=1S/C12H11F8N/c1-2-21-9(10(13)14)6-3-7(11(15,16)17)5-8(4-6)12(18,19)20/h3-5,9-10,21H,2H2,1H3. The van der Waals surface area contributed by atoms with Crippen molar-refractivity contribution in [2.45, 2.75) is 31.7 Å². The zero-order valence-electron chi connectivity index (χ0n) is 10.6. The second-order valence-electron chi connectivity index (χ2n) is 4.21. The van der Waals surface area contributed by atoms with E-state index in [1.165, 1.54) is 6.92 Å². The molecule has 1 atom stereocenters. The highest BCUT2D eigenvalue weighted by atomic mass is 19.4. The molecule has 1 aromatic carbocycles. The van der Waals surface area contributed by atoms with Crippen LogP contribution in [0.3, 0.4) is 0 Å². The molecule has 0 heterocycles. The first-order valence-electron chi connectivity index (χ1n) is 5.77. The molecule has 0 spiro atoms. The van der Waals surface area contributed by atoms with Crippen LogP contribution in [0.5, 0.6) is 0 Å². The maximum atomic E-state index is 12.8. The fourth-order valence-corrected chi connectivity index (χ4v) is 1.73. The van der Waals surface area contributed by atoms with Gasteiger partial charge in [-0.15, -0.1) is 0 Å².